The van der Waals surface area contributed by atoms with Gasteiger partial charge in [0.25, 0.3) is 5.91 Å². The van der Waals surface area contributed by atoms with Crippen molar-refractivity contribution in [2.75, 3.05) is 5.32 Å². The average Bonchev–Trinajstić information content (AvgIpc) is 2.32. The number of carbonyl (C=O) groups excluding carboxylic acids is 1. The van der Waals surface area contributed by atoms with Gasteiger partial charge in [0.15, 0.2) is 0 Å². The largest absolute Gasteiger partial charge is 0.320 e. The maximum absolute atomic E-state index is 12.1. The summed E-state index contributed by atoms with van der Waals surface area (Å²) in [6.45, 7) is 1.78. The van der Waals surface area contributed by atoms with Gasteiger partial charge in [0.1, 0.15) is 5.15 Å². The van der Waals surface area contributed by atoms with E-state index in [4.69, 9.17) is 23.2 Å². The average molecular weight is 360 g/mol. The minimum Gasteiger partial charge on any atom is -0.320 e. The number of anilines is 1. The fraction of sp³-hybridized carbons (Fsp3) is 0.0769. The van der Waals surface area contributed by atoms with Gasteiger partial charge in [-0.3, -0.25) is 4.79 Å². The van der Waals surface area contributed by atoms with Crippen LogP contribution in [0.3, 0.4) is 0 Å². The van der Waals surface area contributed by atoms with E-state index in [1.54, 1.807) is 37.3 Å². The van der Waals surface area contributed by atoms with Crippen LogP contribution in [0.2, 0.25) is 10.2 Å². The molecule has 1 heterocycles. The third kappa shape index (κ3) is 3.47. The second kappa shape index (κ2) is 5.90. The molecule has 0 bridgehead atoms. The smallest absolute Gasteiger partial charge is 0.256 e. The molecule has 0 aliphatic carbocycles. The lowest BCUT2D eigenvalue weighted by molar-refractivity contribution is 0.102. The molecule has 0 saturated heterocycles. The zero-order valence-corrected chi connectivity index (χ0v) is 13.0. The normalized spacial score (nSPS) is 10.3. The van der Waals surface area contributed by atoms with Gasteiger partial charge in [-0.05, 0) is 53.2 Å². The quantitative estimate of drug-likeness (QED) is 0.789. The lowest BCUT2D eigenvalue weighted by Gasteiger charge is -2.09. The van der Waals surface area contributed by atoms with Crippen molar-refractivity contribution in [1.29, 1.82) is 0 Å². The van der Waals surface area contributed by atoms with Gasteiger partial charge >= 0.3 is 0 Å². The molecule has 98 valence electrons. The highest BCUT2D eigenvalue weighted by molar-refractivity contribution is 9.10. The molecule has 3 nitrogen and oxygen atoms in total. The molecule has 2 rings (SSSR count). The molecule has 2 aromatic rings. The van der Waals surface area contributed by atoms with E-state index in [2.05, 4.69) is 26.2 Å². The number of hydrogen-bond acceptors (Lipinski definition) is 2. The predicted octanol–water partition coefficient (Wildman–Crippen LogP) is 4.71. The Morgan fingerprint density at radius 3 is 2.63 bits per heavy atom. The van der Waals surface area contributed by atoms with Gasteiger partial charge in [0.05, 0.1) is 16.9 Å². The van der Waals surface area contributed by atoms with E-state index in [-0.39, 0.29) is 5.91 Å². The third-order valence-corrected chi connectivity index (χ3v) is 3.58. The minimum atomic E-state index is -0.240. The number of hydrogen-bond donors (Lipinski definition) is 1. The fourth-order valence-corrected chi connectivity index (χ4v) is 2.58. The van der Waals surface area contributed by atoms with Crippen LogP contribution in [0.1, 0.15) is 16.1 Å². The highest BCUT2D eigenvalue weighted by atomic mass is 79.9. The summed E-state index contributed by atoms with van der Waals surface area (Å²) >= 11 is 14.9. The number of aromatic nitrogens is 1. The molecule has 1 aromatic heterocycles. The standard InChI is InChI=1S/C13H9BrCl2N2O/c1-7-11(4-5-12(16)17-7)18-13(19)9-3-2-8(15)6-10(9)14/h2-6H,1H3,(H,18,19). The van der Waals surface area contributed by atoms with E-state index in [1.165, 1.54) is 0 Å². The number of nitrogens with zero attached hydrogens (tertiary/aromatic N) is 1. The number of nitrogens with one attached hydrogen (secondary N) is 1. The third-order valence-electron chi connectivity index (χ3n) is 2.48. The molecule has 0 unspecified atom stereocenters. The topological polar surface area (TPSA) is 42.0 Å². The maximum atomic E-state index is 12.1. The SMILES string of the molecule is Cc1nc(Cl)ccc1NC(=O)c1ccc(Cl)cc1Br. The molecule has 0 atom stereocenters. The van der Waals surface area contributed by atoms with Gasteiger partial charge in [-0.25, -0.2) is 4.98 Å². The minimum absolute atomic E-state index is 0.240. The van der Waals surface area contributed by atoms with Crippen LogP contribution >= 0.6 is 39.1 Å². The molecular weight excluding hydrogens is 351 g/mol. The van der Waals surface area contributed by atoms with E-state index in [9.17, 15) is 4.79 Å². The molecule has 0 aliphatic heterocycles. The maximum Gasteiger partial charge on any atom is 0.256 e. The van der Waals surface area contributed by atoms with E-state index in [0.717, 1.165) is 0 Å². The van der Waals surface area contributed by atoms with Gasteiger partial charge in [-0.15, -0.1) is 0 Å². The van der Waals surface area contributed by atoms with Crippen LogP contribution in [0, 0.1) is 6.92 Å². The summed E-state index contributed by atoms with van der Waals surface area (Å²) in [5, 5.41) is 3.74. The lowest BCUT2D eigenvalue weighted by Crippen LogP contribution is -2.13. The number of amides is 1. The van der Waals surface area contributed by atoms with Crippen LogP contribution in [-0.2, 0) is 0 Å². The Morgan fingerprint density at radius 1 is 1.26 bits per heavy atom. The number of pyridine rings is 1. The van der Waals surface area contributed by atoms with Crippen LogP contribution in [0.15, 0.2) is 34.8 Å². The second-order valence-corrected chi connectivity index (χ2v) is 5.52. The monoisotopic (exact) mass is 358 g/mol. The Bertz CT molecular complexity index is 647. The number of carbonyl (C=O) groups is 1. The zero-order valence-electron chi connectivity index (χ0n) is 9.88. The highest BCUT2D eigenvalue weighted by Gasteiger charge is 2.12. The van der Waals surface area contributed by atoms with Crippen molar-refractivity contribution in [3.63, 3.8) is 0 Å². The Kier molecular flexibility index (Phi) is 4.45. The predicted molar refractivity (Wildman–Crippen MR) is 81.1 cm³/mol. The van der Waals surface area contributed by atoms with Gasteiger partial charge < -0.3 is 5.32 Å². The summed E-state index contributed by atoms with van der Waals surface area (Å²) < 4.78 is 0.636. The van der Waals surface area contributed by atoms with Crippen LogP contribution in [0.5, 0.6) is 0 Å². The summed E-state index contributed by atoms with van der Waals surface area (Å²) in [5.74, 6) is -0.240. The lowest BCUT2D eigenvalue weighted by atomic mass is 10.2. The van der Waals surface area contributed by atoms with E-state index in [0.29, 0.717) is 31.6 Å². The number of halogens is 3. The van der Waals surface area contributed by atoms with Gasteiger partial charge in [0, 0.05) is 9.50 Å². The first kappa shape index (κ1) is 14.3. The first-order chi connectivity index (χ1) is 8.97. The molecule has 0 radical (unpaired) electrons. The Hall–Kier alpha value is -1.10. The van der Waals surface area contributed by atoms with Crippen LogP contribution in [-0.4, -0.2) is 10.9 Å². The molecule has 1 N–H and O–H groups in total. The molecule has 0 spiro atoms. The van der Waals surface area contributed by atoms with Gasteiger partial charge in [0.2, 0.25) is 0 Å². The highest BCUT2D eigenvalue weighted by Crippen LogP contribution is 2.23. The Balaban J connectivity index is 2.25. The molecular formula is C13H9BrCl2N2O. The van der Waals surface area contributed by atoms with Crippen molar-refractivity contribution in [1.82, 2.24) is 4.98 Å². The summed E-state index contributed by atoms with van der Waals surface area (Å²) in [6.07, 6.45) is 0. The van der Waals surface area contributed by atoms with E-state index >= 15 is 0 Å². The molecule has 0 fully saturated rings. The van der Waals surface area contributed by atoms with Crippen molar-refractivity contribution in [3.8, 4) is 0 Å². The summed E-state index contributed by atoms with van der Waals surface area (Å²) in [7, 11) is 0. The van der Waals surface area contributed by atoms with Gasteiger partial charge in [-0.1, -0.05) is 23.2 Å². The molecule has 0 aliphatic rings. The second-order valence-electron chi connectivity index (χ2n) is 3.85. The zero-order chi connectivity index (χ0) is 14.0. The van der Waals surface area contributed by atoms with Crippen LogP contribution < -0.4 is 5.32 Å². The van der Waals surface area contributed by atoms with E-state index in [1.807, 2.05) is 0 Å². The molecule has 6 heteroatoms. The van der Waals surface area contributed by atoms with Crippen molar-refractivity contribution in [3.05, 3.63) is 56.2 Å². The number of rotatable bonds is 2. The van der Waals surface area contributed by atoms with Crippen molar-refractivity contribution in [2.45, 2.75) is 6.92 Å². The van der Waals surface area contributed by atoms with E-state index < -0.39 is 0 Å². The summed E-state index contributed by atoms with van der Waals surface area (Å²) in [6, 6.07) is 8.32. The van der Waals surface area contributed by atoms with Crippen molar-refractivity contribution in [2.24, 2.45) is 0 Å². The van der Waals surface area contributed by atoms with Gasteiger partial charge in [-0.2, -0.15) is 0 Å². The molecule has 0 saturated carbocycles. The first-order valence-corrected chi connectivity index (χ1v) is 6.92. The number of benzene rings is 1. The van der Waals surface area contributed by atoms with Crippen molar-refractivity contribution >= 4 is 50.7 Å². The molecule has 1 amide bonds. The van der Waals surface area contributed by atoms with Crippen molar-refractivity contribution < 1.29 is 4.79 Å². The fourth-order valence-electron chi connectivity index (χ4n) is 1.53. The molecule has 1 aromatic carbocycles. The Labute approximate surface area is 129 Å². The van der Waals surface area contributed by atoms with Crippen LogP contribution in [0.25, 0.3) is 0 Å². The van der Waals surface area contributed by atoms with Crippen LogP contribution in [0.4, 0.5) is 5.69 Å². The summed E-state index contributed by atoms with van der Waals surface area (Å²) in [5.41, 5.74) is 1.78. The number of aryl methyl sites for hydroxylation is 1. The summed E-state index contributed by atoms with van der Waals surface area (Å²) in [4.78, 5) is 16.2. The first-order valence-electron chi connectivity index (χ1n) is 5.37. The Morgan fingerprint density at radius 2 is 2.00 bits per heavy atom. The molecule has 19 heavy (non-hydrogen) atoms.